The van der Waals surface area contributed by atoms with E-state index >= 15 is 0 Å². The van der Waals surface area contributed by atoms with Gasteiger partial charge in [0, 0.05) is 17.5 Å². The number of nitrogens with zero attached hydrogens (tertiary/aromatic N) is 2. The van der Waals surface area contributed by atoms with Crippen molar-refractivity contribution >= 4 is 39.2 Å². The van der Waals surface area contributed by atoms with Gasteiger partial charge >= 0.3 is 0 Å². The lowest BCUT2D eigenvalue weighted by Crippen LogP contribution is -2.35. The van der Waals surface area contributed by atoms with Crippen LogP contribution in [0.15, 0.2) is 22.6 Å². The van der Waals surface area contributed by atoms with Crippen molar-refractivity contribution < 1.29 is 4.79 Å². The summed E-state index contributed by atoms with van der Waals surface area (Å²) >= 11 is 2.99. The number of fused-ring (bicyclic) bond motifs is 3. The molecule has 0 aliphatic heterocycles. The molecule has 2 aromatic rings. The van der Waals surface area contributed by atoms with Gasteiger partial charge in [0.25, 0.3) is 5.56 Å². The van der Waals surface area contributed by atoms with Crippen LogP contribution in [0, 0.1) is 11.8 Å². The fourth-order valence-electron chi connectivity index (χ4n) is 3.94. The van der Waals surface area contributed by atoms with E-state index in [-0.39, 0.29) is 23.3 Å². The van der Waals surface area contributed by atoms with Gasteiger partial charge in [-0.3, -0.25) is 14.2 Å². The number of carbonyl (C=O) groups excluding carboxylic acids is 1. The Morgan fingerprint density at radius 2 is 2.25 bits per heavy atom. The predicted octanol–water partition coefficient (Wildman–Crippen LogP) is 3.78. The minimum absolute atomic E-state index is 0.00296. The molecule has 0 aromatic carbocycles. The second kappa shape index (κ2) is 8.03. The van der Waals surface area contributed by atoms with E-state index in [1.54, 1.807) is 22.0 Å². The zero-order valence-corrected chi connectivity index (χ0v) is 18.1. The molecule has 7 heteroatoms. The first-order valence-electron chi connectivity index (χ1n) is 10.1. The highest BCUT2D eigenvalue weighted by atomic mass is 32.2. The fourth-order valence-corrected chi connectivity index (χ4v) is 6.19. The second-order valence-electron chi connectivity index (χ2n) is 8.11. The highest BCUT2D eigenvalue weighted by molar-refractivity contribution is 7.99. The summed E-state index contributed by atoms with van der Waals surface area (Å²) in [5.41, 5.74) is 1.20. The Morgan fingerprint density at radius 1 is 1.46 bits per heavy atom. The number of rotatable bonds is 7. The molecule has 0 bridgehead atoms. The molecule has 28 heavy (non-hydrogen) atoms. The molecule has 2 aliphatic carbocycles. The first-order valence-corrected chi connectivity index (χ1v) is 11.9. The Labute approximate surface area is 173 Å². The van der Waals surface area contributed by atoms with Crippen LogP contribution in [0.25, 0.3) is 10.2 Å². The summed E-state index contributed by atoms with van der Waals surface area (Å²) in [6.07, 6.45) is 7.22. The Morgan fingerprint density at radius 3 is 2.96 bits per heavy atom. The Kier molecular flexibility index (Phi) is 5.65. The molecule has 0 saturated heterocycles. The van der Waals surface area contributed by atoms with Crippen molar-refractivity contribution in [3.8, 4) is 0 Å². The average molecular weight is 418 g/mol. The van der Waals surface area contributed by atoms with Gasteiger partial charge in [0.1, 0.15) is 4.83 Å². The third-order valence-corrected chi connectivity index (χ3v) is 7.87. The van der Waals surface area contributed by atoms with E-state index in [4.69, 9.17) is 4.98 Å². The molecule has 1 saturated carbocycles. The highest BCUT2D eigenvalue weighted by Gasteiger charge is 2.29. The summed E-state index contributed by atoms with van der Waals surface area (Å²) in [6, 6.07) is 0.227. The van der Waals surface area contributed by atoms with Gasteiger partial charge in [-0.2, -0.15) is 0 Å². The molecule has 150 valence electrons. The summed E-state index contributed by atoms with van der Waals surface area (Å²) in [5.74, 6) is 1.56. The lowest BCUT2D eigenvalue weighted by Gasteiger charge is -2.17. The van der Waals surface area contributed by atoms with Crippen molar-refractivity contribution in [2.24, 2.45) is 11.8 Å². The van der Waals surface area contributed by atoms with Gasteiger partial charge in [0.05, 0.1) is 11.1 Å². The monoisotopic (exact) mass is 417 g/mol. The number of aromatic nitrogens is 2. The molecule has 2 aromatic heterocycles. The first-order chi connectivity index (χ1) is 13.5. The van der Waals surface area contributed by atoms with E-state index in [0.29, 0.717) is 23.5 Å². The molecule has 2 aliphatic rings. The molecule has 0 spiro atoms. The molecule has 4 rings (SSSR count). The quantitative estimate of drug-likeness (QED) is 0.423. The zero-order chi connectivity index (χ0) is 19.8. The zero-order valence-electron chi connectivity index (χ0n) is 16.5. The summed E-state index contributed by atoms with van der Waals surface area (Å²) in [4.78, 5) is 32.5. The Balaban J connectivity index is 1.61. The van der Waals surface area contributed by atoms with Crippen LogP contribution >= 0.6 is 23.1 Å². The number of nitrogens with one attached hydrogen (secondary N) is 1. The van der Waals surface area contributed by atoms with Crippen molar-refractivity contribution in [2.45, 2.75) is 63.7 Å². The molecule has 0 unspecified atom stereocenters. The first kappa shape index (κ1) is 19.7. The lowest BCUT2D eigenvalue weighted by atomic mass is 9.89. The van der Waals surface area contributed by atoms with Crippen molar-refractivity contribution in [3.05, 3.63) is 33.4 Å². The van der Waals surface area contributed by atoms with Crippen LogP contribution in [0.1, 0.15) is 43.6 Å². The molecular weight excluding hydrogens is 390 g/mol. The Bertz CT molecular complexity index is 974. The maximum atomic E-state index is 13.2. The van der Waals surface area contributed by atoms with Crippen molar-refractivity contribution in [1.82, 2.24) is 14.9 Å². The maximum Gasteiger partial charge on any atom is 0.263 e. The molecule has 2 heterocycles. The van der Waals surface area contributed by atoms with Crippen LogP contribution in [0.3, 0.4) is 0 Å². The minimum Gasteiger partial charge on any atom is -0.353 e. The van der Waals surface area contributed by atoms with Gasteiger partial charge in [-0.25, -0.2) is 4.98 Å². The van der Waals surface area contributed by atoms with Gasteiger partial charge in [-0.1, -0.05) is 24.8 Å². The van der Waals surface area contributed by atoms with Crippen LogP contribution in [0.5, 0.6) is 0 Å². The Hall–Kier alpha value is -1.60. The SMILES string of the molecule is C=CCn1c(SCC(=O)N[C@H](C)C2CC2)nc2sc3c(c2c1=O)CC[C@H](C)C3. The lowest BCUT2D eigenvalue weighted by molar-refractivity contribution is -0.119. The second-order valence-corrected chi connectivity index (χ2v) is 10.1. The van der Waals surface area contributed by atoms with E-state index in [1.807, 2.05) is 0 Å². The predicted molar refractivity (Wildman–Crippen MR) is 116 cm³/mol. The fraction of sp³-hybridized carbons (Fsp3) is 0.571. The summed E-state index contributed by atoms with van der Waals surface area (Å²) in [5, 5.41) is 4.46. The van der Waals surface area contributed by atoms with E-state index in [9.17, 15) is 9.59 Å². The van der Waals surface area contributed by atoms with Gasteiger partial charge in [-0.15, -0.1) is 17.9 Å². The van der Waals surface area contributed by atoms with E-state index in [0.717, 1.165) is 29.5 Å². The number of thioether (sulfide) groups is 1. The average Bonchev–Trinajstić information content (AvgIpc) is 3.44. The number of thiophene rings is 1. The summed E-state index contributed by atoms with van der Waals surface area (Å²) < 4.78 is 1.67. The smallest absolute Gasteiger partial charge is 0.263 e. The largest absolute Gasteiger partial charge is 0.353 e. The van der Waals surface area contributed by atoms with Crippen molar-refractivity contribution in [2.75, 3.05) is 5.75 Å². The van der Waals surface area contributed by atoms with Crippen LogP contribution in [-0.2, 0) is 24.2 Å². The highest BCUT2D eigenvalue weighted by Crippen LogP contribution is 2.36. The number of aryl methyl sites for hydroxylation is 1. The normalized spacial score (nSPS) is 20.0. The van der Waals surface area contributed by atoms with Gasteiger partial charge in [0.2, 0.25) is 5.91 Å². The maximum absolute atomic E-state index is 13.2. The van der Waals surface area contributed by atoms with Gasteiger partial charge in [0.15, 0.2) is 5.16 Å². The number of carbonyl (C=O) groups is 1. The molecule has 5 nitrogen and oxygen atoms in total. The van der Waals surface area contributed by atoms with Crippen molar-refractivity contribution in [1.29, 1.82) is 0 Å². The standard InChI is InChI=1S/C21H27N3O2S2/c1-4-9-24-20(26)18-15-8-5-12(2)10-16(15)28-19(18)23-21(24)27-11-17(25)22-13(3)14-6-7-14/h4,12-14H,1,5-11H2,2-3H3,(H,22,25)/t12-,13+/m0/s1. The molecule has 0 radical (unpaired) electrons. The number of amides is 1. The van der Waals surface area contributed by atoms with Crippen LogP contribution < -0.4 is 10.9 Å². The molecule has 1 amide bonds. The van der Waals surface area contributed by atoms with Crippen molar-refractivity contribution in [3.63, 3.8) is 0 Å². The summed E-state index contributed by atoms with van der Waals surface area (Å²) in [7, 11) is 0. The van der Waals surface area contributed by atoms with E-state index < -0.39 is 0 Å². The number of allylic oxidation sites excluding steroid dienone is 1. The number of hydrogen-bond donors (Lipinski definition) is 1. The minimum atomic E-state index is 0.00296. The topological polar surface area (TPSA) is 64.0 Å². The van der Waals surface area contributed by atoms with Crippen LogP contribution in [-0.4, -0.2) is 27.3 Å². The van der Waals surface area contributed by atoms with Gasteiger partial charge < -0.3 is 5.32 Å². The van der Waals surface area contributed by atoms with E-state index in [2.05, 4.69) is 25.7 Å². The molecule has 1 fully saturated rings. The van der Waals surface area contributed by atoms with E-state index in [1.165, 1.54) is 35.0 Å². The third kappa shape index (κ3) is 3.92. The number of hydrogen-bond acceptors (Lipinski definition) is 5. The van der Waals surface area contributed by atoms with Crippen LogP contribution in [0.2, 0.25) is 0 Å². The van der Waals surface area contributed by atoms with Crippen LogP contribution in [0.4, 0.5) is 0 Å². The third-order valence-electron chi connectivity index (χ3n) is 5.74. The molecule has 2 atom stereocenters. The summed E-state index contributed by atoms with van der Waals surface area (Å²) in [6.45, 7) is 8.53. The molecule has 1 N–H and O–H groups in total. The molecular formula is C21H27N3O2S2. The van der Waals surface area contributed by atoms with Gasteiger partial charge in [-0.05, 0) is 56.4 Å².